The summed E-state index contributed by atoms with van der Waals surface area (Å²) >= 11 is 1.76. The second-order valence-electron chi connectivity index (χ2n) is 3.54. The smallest absolute Gasteiger partial charge is 0.0954 e. The van der Waals surface area contributed by atoms with Gasteiger partial charge >= 0.3 is 0 Å². The number of thiazole rings is 1. The van der Waals surface area contributed by atoms with Crippen LogP contribution in [0, 0.1) is 0 Å². The molecule has 0 aliphatic carbocycles. The standard InChI is InChI=1S/C10H18N2S/c1-5-11-8(4)9-6-13-10(12-9)7(2)3/h6-8,11H,5H2,1-4H3. The minimum absolute atomic E-state index is 0.383. The topological polar surface area (TPSA) is 24.9 Å². The number of hydrogen-bond donors (Lipinski definition) is 1. The van der Waals surface area contributed by atoms with Crippen LogP contribution in [-0.2, 0) is 0 Å². The molecule has 1 N–H and O–H groups in total. The Morgan fingerprint density at radius 2 is 2.15 bits per heavy atom. The van der Waals surface area contributed by atoms with Gasteiger partial charge in [0.15, 0.2) is 0 Å². The average Bonchev–Trinajstić information content (AvgIpc) is 2.52. The van der Waals surface area contributed by atoms with E-state index in [4.69, 9.17) is 0 Å². The van der Waals surface area contributed by atoms with Gasteiger partial charge in [-0.25, -0.2) is 4.98 Å². The van der Waals surface area contributed by atoms with Crippen LogP contribution in [0.1, 0.15) is 50.4 Å². The zero-order chi connectivity index (χ0) is 9.84. The van der Waals surface area contributed by atoms with Crippen LogP contribution in [0.4, 0.5) is 0 Å². The van der Waals surface area contributed by atoms with Crippen molar-refractivity contribution in [2.24, 2.45) is 0 Å². The second-order valence-corrected chi connectivity index (χ2v) is 4.43. The number of rotatable bonds is 4. The van der Waals surface area contributed by atoms with E-state index in [0.29, 0.717) is 12.0 Å². The average molecular weight is 198 g/mol. The van der Waals surface area contributed by atoms with E-state index in [1.807, 2.05) is 0 Å². The highest BCUT2D eigenvalue weighted by Crippen LogP contribution is 2.22. The van der Waals surface area contributed by atoms with Gasteiger partial charge in [0, 0.05) is 17.3 Å². The van der Waals surface area contributed by atoms with Crippen LogP contribution >= 0.6 is 11.3 Å². The van der Waals surface area contributed by atoms with E-state index in [-0.39, 0.29) is 0 Å². The van der Waals surface area contributed by atoms with E-state index in [0.717, 1.165) is 6.54 Å². The number of hydrogen-bond acceptors (Lipinski definition) is 3. The molecular formula is C10H18N2S. The highest BCUT2D eigenvalue weighted by Gasteiger charge is 2.10. The first-order valence-corrected chi connectivity index (χ1v) is 5.71. The van der Waals surface area contributed by atoms with E-state index in [2.05, 4.69) is 43.4 Å². The van der Waals surface area contributed by atoms with Gasteiger partial charge in [-0.05, 0) is 13.5 Å². The van der Waals surface area contributed by atoms with Crippen molar-refractivity contribution < 1.29 is 0 Å². The van der Waals surface area contributed by atoms with Gasteiger partial charge in [-0.1, -0.05) is 20.8 Å². The van der Waals surface area contributed by atoms with E-state index in [1.165, 1.54) is 10.7 Å². The van der Waals surface area contributed by atoms with Gasteiger partial charge in [-0.15, -0.1) is 11.3 Å². The molecule has 3 heteroatoms. The third kappa shape index (κ3) is 2.78. The summed E-state index contributed by atoms with van der Waals surface area (Å²) in [4.78, 5) is 4.58. The van der Waals surface area contributed by atoms with Crippen molar-refractivity contribution in [2.45, 2.75) is 39.7 Å². The highest BCUT2D eigenvalue weighted by molar-refractivity contribution is 7.09. The van der Waals surface area contributed by atoms with Gasteiger partial charge in [-0.2, -0.15) is 0 Å². The maximum absolute atomic E-state index is 4.58. The molecule has 0 bridgehead atoms. The van der Waals surface area contributed by atoms with Gasteiger partial charge in [0.1, 0.15) is 0 Å². The minimum atomic E-state index is 0.383. The maximum Gasteiger partial charge on any atom is 0.0954 e. The number of aromatic nitrogens is 1. The van der Waals surface area contributed by atoms with Crippen molar-refractivity contribution >= 4 is 11.3 Å². The van der Waals surface area contributed by atoms with Crippen LogP contribution in [0.2, 0.25) is 0 Å². The summed E-state index contributed by atoms with van der Waals surface area (Å²) in [6.07, 6.45) is 0. The Kier molecular flexibility index (Phi) is 3.88. The number of nitrogens with one attached hydrogen (secondary N) is 1. The van der Waals surface area contributed by atoms with Crippen LogP contribution < -0.4 is 5.32 Å². The molecule has 0 fully saturated rings. The third-order valence-corrected chi connectivity index (χ3v) is 3.15. The Balaban J connectivity index is 2.67. The van der Waals surface area contributed by atoms with Crippen LogP contribution in [0.15, 0.2) is 5.38 Å². The summed E-state index contributed by atoms with van der Waals surface area (Å²) in [6.45, 7) is 9.63. The van der Waals surface area contributed by atoms with Crippen molar-refractivity contribution in [3.05, 3.63) is 16.1 Å². The molecule has 0 aliphatic heterocycles. The Hall–Kier alpha value is -0.410. The van der Waals surface area contributed by atoms with Crippen molar-refractivity contribution in [2.75, 3.05) is 6.54 Å². The van der Waals surface area contributed by atoms with Crippen LogP contribution in [0.3, 0.4) is 0 Å². The first kappa shape index (κ1) is 10.7. The lowest BCUT2D eigenvalue weighted by Gasteiger charge is -2.08. The first-order chi connectivity index (χ1) is 6.15. The highest BCUT2D eigenvalue weighted by atomic mass is 32.1. The molecule has 0 aromatic carbocycles. The van der Waals surface area contributed by atoms with Gasteiger partial charge in [0.05, 0.1) is 10.7 Å². The summed E-state index contributed by atoms with van der Waals surface area (Å²) in [5.41, 5.74) is 1.18. The molecule has 0 saturated heterocycles. The lowest BCUT2D eigenvalue weighted by Crippen LogP contribution is -2.17. The molecule has 0 aliphatic rings. The van der Waals surface area contributed by atoms with Crippen LogP contribution in [0.5, 0.6) is 0 Å². The molecule has 1 unspecified atom stereocenters. The van der Waals surface area contributed by atoms with E-state index in [9.17, 15) is 0 Å². The summed E-state index contributed by atoms with van der Waals surface area (Å²) in [7, 11) is 0. The molecule has 0 spiro atoms. The molecular weight excluding hydrogens is 180 g/mol. The van der Waals surface area contributed by atoms with Crippen molar-refractivity contribution in [1.29, 1.82) is 0 Å². The third-order valence-electron chi connectivity index (χ3n) is 1.99. The maximum atomic E-state index is 4.58. The predicted molar refractivity (Wildman–Crippen MR) is 58.3 cm³/mol. The Labute approximate surface area is 84.4 Å². The second kappa shape index (κ2) is 4.72. The van der Waals surface area contributed by atoms with E-state index < -0.39 is 0 Å². The SMILES string of the molecule is CCNC(C)c1csc(C(C)C)n1. The normalized spacial score (nSPS) is 13.6. The Morgan fingerprint density at radius 3 is 2.62 bits per heavy atom. The molecule has 1 heterocycles. The molecule has 1 aromatic heterocycles. The largest absolute Gasteiger partial charge is 0.309 e. The summed E-state index contributed by atoms with van der Waals surface area (Å²) in [5.74, 6) is 0.549. The fourth-order valence-corrected chi connectivity index (χ4v) is 2.10. The lowest BCUT2D eigenvalue weighted by atomic mass is 10.2. The van der Waals surface area contributed by atoms with Crippen molar-refractivity contribution in [1.82, 2.24) is 10.3 Å². The molecule has 1 rings (SSSR count). The molecule has 13 heavy (non-hydrogen) atoms. The Morgan fingerprint density at radius 1 is 1.46 bits per heavy atom. The zero-order valence-corrected chi connectivity index (χ0v) is 9.61. The lowest BCUT2D eigenvalue weighted by molar-refractivity contribution is 0.583. The van der Waals surface area contributed by atoms with E-state index >= 15 is 0 Å². The fraction of sp³-hybridized carbons (Fsp3) is 0.700. The van der Waals surface area contributed by atoms with Gasteiger partial charge < -0.3 is 5.32 Å². The van der Waals surface area contributed by atoms with Crippen LogP contribution in [-0.4, -0.2) is 11.5 Å². The molecule has 74 valence electrons. The predicted octanol–water partition coefficient (Wildman–Crippen LogP) is 2.94. The summed E-state index contributed by atoms with van der Waals surface area (Å²) < 4.78 is 0. The molecule has 1 atom stereocenters. The quantitative estimate of drug-likeness (QED) is 0.804. The van der Waals surface area contributed by atoms with Gasteiger partial charge in [-0.3, -0.25) is 0 Å². The van der Waals surface area contributed by atoms with Gasteiger partial charge in [0.2, 0.25) is 0 Å². The Bertz CT molecular complexity index is 255. The van der Waals surface area contributed by atoms with E-state index in [1.54, 1.807) is 11.3 Å². The van der Waals surface area contributed by atoms with Gasteiger partial charge in [0.25, 0.3) is 0 Å². The molecule has 2 nitrogen and oxygen atoms in total. The molecule has 0 radical (unpaired) electrons. The van der Waals surface area contributed by atoms with Crippen molar-refractivity contribution in [3.8, 4) is 0 Å². The summed E-state index contributed by atoms with van der Waals surface area (Å²) in [6, 6.07) is 0.383. The number of nitrogens with zero attached hydrogens (tertiary/aromatic N) is 1. The molecule has 0 amide bonds. The van der Waals surface area contributed by atoms with Crippen molar-refractivity contribution in [3.63, 3.8) is 0 Å². The molecule has 1 aromatic rings. The minimum Gasteiger partial charge on any atom is -0.309 e. The molecule has 0 saturated carbocycles. The zero-order valence-electron chi connectivity index (χ0n) is 8.79. The fourth-order valence-electron chi connectivity index (χ4n) is 1.18. The van der Waals surface area contributed by atoms with Crippen LogP contribution in [0.25, 0.3) is 0 Å². The summed E-state index contributed by atoms with van der Waals surface area (Å²) in [5, 5.41) is 6.75. The monoisotopic (exact) mass is 198 g/mol. The first-order valence-electron chi connectivity index (χ1n) is 4.83.